The molecule has 0 aromatic heterocycles. The predicted octanol–water partition coefficient (Wildman–Crippen LogP) is 0.167. The summed E-state index contributed by atoms with van der Waals surface area (Å²) in [5.74, 6) is -1.66. The normalized spacial score (nSPS) is 22.8. The van der Waals surface area contributed by atoms with E-state index < -0.39 is 33.2 Å². The number of carbonyl (C=O) groups is 1. The molecule has 0 aliphatic carbocycles. The molecule has 0 aromatic carbocycles. The second kappa shape index (κ2) is 5.59. The molecule has 118 valence electrons. The molecule has 0 spiro atoms. The first-order valence-corrected chi connectivity index (χ1v) is 8.05. The van der Waals surface area contributed by atoms with Crippen LogP contribution in [0.4, 0.5) is 0 Å². The van der Waals surface area contributed by atoms with Crippen molar-refractivity contribution in [2.45, 2.75) is 51.7 Å². The van der Waals surface area contributed by atoms with Gasteiger partial charge in [-0.05, 0) is 40.5 Å². The van der Waals surface area contributed by atoms with E-state index in [4.69, 9.17) is 5.11 Å². The molecule has 1 saturated heterocycles. The first-order valence-electron chi connectivity index (χ1n) is 6.61. The summed E-state index contributed by atoms with van der Waals surface area (Å²) >= 11 is 0. The minimum Gasteiger partial charge on any atom is -0.481 e. The van der Waals surface area contributed by atoms with E-state index in [0.29, 0.717) is 19.4 Å². The van der Waals surface area contributed by atoms with Gasteiger partial charge in [0.25, 0.3) is 10.2 Å². The predicted molar refractivity (Wildman–Crippen MR) is 74.4 cm³/mol. The van der Waals surface area contributed by atoms with Gasteiger partial charge in [0.1, 0.15) is 0 Å². The van der Waals surface area contributed by atoms with Crippen LogP contribution < -0.4 is 4.72 Å². The summed E-state index contributed by atoms with van der Waals surface area (Å²) < 4.78 is 28.3. The smallest absolute Gasteiger partial charge is 0.307 e. The van der Waals surface area contributed by atoms with Crippen LogP contribution in [0, 0.1) is 5.92 Å². The van der Waals surface area contributed by atoms with Crippen LogP contribution in [-0.4, -0.2) is 53.1 Å². The van der Waals surface area contributed by atoms with Gasteiger partial charge < -0.3 is 10.2 Å². The van der Waals surface area contributed by atoms with Gasteiger partial charge in [0.15, 0.2) is 0 Å². The highest BCUT2D eigenvalue weighted by molar-refractivity contribution is 7.87. The van der Waals surface area contributed by atoms with Crippen LogP contribution in [0.25, 0.3) is 0 Å². The molecule has 1 rings (SSSR count). The number of nitrogens with one attached hydrogen (secondary N) is 1. The summed E-state index contributed by atoms with van der Waals surface area (Å²) in [6.07, 6.45) is 0.997. The molecule has 0 amide bonds. The average Bonchev–Trinajstić information content (AvgIpc) is 2.26. The molecule has 0 aromatic rings. The van der Waals surface area contributed by atoms with Crippen molar-refractivity contribution in [1.82, 2.24) is 9.03 Å². The number of hydrogen-bond acceptors (Lipinski definition) is 4. The summed E-state index contributed by atoms with van der Waals surface area (Å²) in [5.41, 5.74) is -2.32. The Morgan fingerprint density at radius 1 is 1.30 bits per heavy atom. The zero-order chi connectivity index (χ0) is 15.8. The summed E-state index contributed by atoms with van der Waals surface area (Å²) in [7, 11) is -3.83. The Kier molecular flexibility index (Phi) is 4.85. The maximum atomic E-state index is 12.3. The van der Waals surface area contributed by atoms with Crippen molar-refractivity contribution in [2.24, 2.45) is 5.92 Å². The van der Waals surface area contributed by atoms with E-state index in [1.807, 2.05) is 0 Å². The fraction of sp³-hybridized carbons (Fsp3) is 0.917. The Hall–Kier alpha value is -0.700. The Morgan fingerprint density at radius 2 is 1.85 bits per heavy atom. The molecular weight excluding hydrogens is 284 g/mol. The third-order valence-electron chi connectivity index (χ3n) is 3.99. The molecule has 1 aliphatic rings. The molecule has 8 heteroatoms. The SMILES string of the molecule is CC(C)(O)C(C)(C)NS(=O)(=O)N1CCCC(C(=O)O)C1. The number of rotatable bonds is 5. The average molecular weight is 308 g/mol. The second-order valence-corrected chi connectivity index (χ2v) is 8.00. The molecular formula is C12H24N2O5S. The lowest BCUT2D eigenvalue weighted by Crippen LogP contribution is -2.61. The minimum atomic E-state index is -3.83. The van der Waals surface area contributed by atoms with Crippen LogP contribution in [0.3, 0.4) is 0 Å². The van der Waals surface area contributed by atoms with E-state index in [9.17, 15) is 18.3 Å². The summed E-state index contributed by atoms with van der Waals surface area (Å²) in [4.78, 5) is 11.0. The number of carboxylic acids is 1. The zero-order valence-corrected chi connectivity index (χ0v) is 13.2. The van der Waals surface area contributed by atoms with Crippen molar-refractivity contribution in [3.8, 4) is 0 Å². The first-order chi connectivity index (χ1) is 8.87. The molecule has 0 radical (unpaired) electrons. The molecule has 1 aliphatic heterocycles. The van der Waals surface area contributed by atoms with Gasteiger partial charge in [-0.25, -0.2) is 0 Å². The van der Waals surface area contributed by atoms with Gasteiger partial charge in [-0.3, -0.25) is 4.79 Å². The number of hydrogen-bond donors (Lipinski definition) is 3. The van der Waals surface area contributed by atoms with Gasteiger partial charge >= 0.3 is 5.97 Å². The lowest BCUT2D eigenvalue weighted by molar-refractivity contribution is -0.142. The standard InChI is InChI=1S/C12H24N2O5S/c1-11(2,12(3,4)17)13-20(18,19)14-7-5-6-9(8-14)10(15)16/h9,13,17H,5-8H2,1-4H3,(H,15,16). The monoisotopic (exact) mass is 308 g/mol. The molecule has 20 heavy (non-hydrogen) atoms. The second-order valence-electron chi connectivity index (χ2n) is 6.33. The van der Waals surface area contributed by atoms with Crippen molar-refractivity contribution < 1.29 is 23.4 Å². The molecule has 1 atom stereocenters. The van der Waals surface area contributed by atoms with E-state index in [1.165, 1.54) is 13.8 Å². The van der Waals surface area contributed by atoms with Gasteiger partial charge in [0.05, 0.1) is 17.1 Å². The lowest BCUT2D eigenvalue weighted by Gasteiger charge is -2.40. The Labute approximate surface area is 120 Å². The van der Waals surface area contributed by atoms with Crippen molar-refractivity contribution in [2.75, 3.05) is 13.1 Å². The van der Waals surface area contributed by atoms with E-state index in [1.54, 1.807) is 13.8 Å². The van der Waals surface area contributed by atoms with Gasteiger partial charge in [-0.2, -0.15) is 17.4 Å². The highest BCUT2D eigenvalue weighted by Crippen LogP contribution is 2.24. The first kappa shape index (κ1) is 17.4. The largest absolute Gasteiger partial charge is 0.481 e. The quantitative estimate of drug-likeness (QED) is 0.671. The highest BCUT2D eigenvalue weighted by atomic mass is 32.2. The van der Waals surface area contributed by atoms with Crippen molar-refractivity contribution in [1.29, 1.82) is 0 Å². The highest BCUT2D eigenvalue weighted by Gasteiger charge is 2.41. The van der Waals surface area contributed by atoms with E-state index in [-0.39, 0.29) is 6.54 Å². The lowest BCUT2D eigenvalue weighted by atomic mass is 9.87. The molecule has 1 heterocycles. The van der Waals surface area contributed by atoms with Gasteiger partial charge in [0.2, 0.25) is 0 Å². The van der Waals surface area contributed by atoms with Crippen LogP contribution in [0.15, 0.2) is 0 Å². The number of aliphatic carboxylic acids is 1. The van der Waals surface area contributed by atoms with E-state index in [0.717, 1.165) is 4.31 Å². The number of aliphatic hydroxyl groups is 1. The maximum Gasteiger partial charge on any atom is 0.307 e. The topological polar surface area (TPSA) is 107 Å². The van der Waals surface area contributed by atoms with Gasteiger partial charge in [0, 0.05) is 13.1 Å². The van der Waals surface area contributed by atoms with E-state index in [2.05, 4.69) is 4.72 Å². The number of nitrogens with zero attached hydrogens (tertiary/aromatic N) is 1. The fourth-order valence-corrected chi connectivity index (χ4v) is 3.64. The van der Waals surface area contributed by atoms with Crippen LogP contribution in [0.2, 0.25) is 0 Å². The fourth-order valence-electron chi connectivity index (χ4n) is 1.87. The Bertz CT molecular complexity index is 467. The third kappa shape index (κ3) is 3.91. The Balaban J connectivity index is 2.86. The molecule has 7 nitrogen and oxygen atoms in total. The van der Waals surface area contributed by atoms with Crippen LogP contribution in [-0.2, 0) is 15.0 Å². The van der Waals surface area contributed by atoms with Crippen LogP contribution in [0.5, 0.6) is 0 Å². The minimum absolute atomic E-state index is 0.0351. The molecule has 1 fully saturated rings. The van der Waals surface area contributed by atoms with Crippen molar-refractivity contribution in [3.05, 3.63) is 0 Å². The third-order valence-corrected chi connectivity index (χ3v) is 5.77. The molecule has 0 bridgehead atoms. The van der Waals surface area contributed by atoms with Gasteiger partial charge in [-0.1, -0.05) is 0 Å². The molecule has 0 saturated carbocycles. The van der Waals surface area contributed by atoms with E-state index >= 15 is 0 Å². The summed E-state index contributed by atoms with van der Waals surface area (Å²) in [6.45, 7) is 6.47. The maximum absolute atomic E-state index is 12.3. The van der Waals surface area contributed by atoms with Crippen LogP contribution in [0.1, 0.15) is 40.5 Å². The van der Waals surface area contributed by atoms with Gasteiger partial charge in [-0.15, -0.1) is 0 Å². The summed E-state index contributed by atoms with van der Waals surface area (Å²) in [5, 5.41) is 19.0. The van der Waals surface area contributed by atoms with Crippen molar-refractivity contribution in [3.63, 3.8) is 0 Å². The number of carboxylic acid groups (broad SMARTS) is 1. The number of piperidine rings is 1. The van der Waals surface area contributed by atoms with Crippen LogP contribution >= 0.6 is 0 Å². The van der Waals surface area contributed by atoms with Crippen molar-refractivity contribution >= 4 is 16.2 Å². The zero-order valence-electron chi connectivity index (χ0n) is 12.4. The molecule has 1 unspecified atom stereocenters. The summed E-state index contributed by atoms with van der Waals surface area (Å²) in [6, 6.07) is 0. The Morgan fingerprint density at radius 3 is 2.30 bits per heavy atom. The molecule has 3 N–H and O–H groups in total.